The molecule has 3 aliphatic rings. The lowest BCUT2D eigenvalue weighted by molar-refractivity contribution is -0.176. The van der Waals surface area contributed by atoms with Gasteiger partial charge in [0.1, 0.15) is 22.9 Å². The number of carbonyl (C=O) groups is 5. The van der Waals surface area contributed by atoms with Crippen molar-refractivity contribution in [2.75, 3.05) is 18.4 Å². The van der Waals surface area contributed by atoms with Gasteiger partial charge >= 0.3 is 18.2 Å². The topological polar surface area (TPSA) is 230 Å². The second-order valence-electron chi connectivity index (χ2n) is 18.7. The predicted molar refractivity (Wildman–Crippen MR) is 243 cm³/mol. The van der Waals surface area contributed by atoms with E-state index in [0.29, 0.717) is 19.4 Å². The van der Waals surface area contributed by atoms with Gasteiger partial charge in [-0.15, -0.1) is 11.3 Å². The number of hydrogen-bond donors (Lipinski definition) is 4. The molecule has 0 spiro atoms. The van der Waals surface area contributed by atoms with E-state index in [4.69, 9.17) is 19.0 Å². The lowest BCUT2D eigenvalue weighted by atomic mass is 9.98. The number of ether oxygens (including phenoxy) is 3. The number of carbonyl (C=O) groups excluding carboxylic acids is 5. The van der Waals surface area contributed by atoms with Crippen LogP contribution in [0.1, 0.15) is 109 Å². The number of thiazole rings is 1. The maximum atomic E-state index is 14.3. The van der Waals surface area contributed by atoms with Crippen molar-refractivity contribution in [3.63, 3.8) is 0 Å². The Morgan fingerprint density at radius 1 is 0.894 bits per heavy atom. The van der Waals surface area contributed by atoms with Gasteiger partial charge in [0.25, 0.3) is 5.91 Å². The summed E-state index contributed by atoms with van der Waals surface area (Å²) in [5, 5.41) is 26.1. The van der Waals surface area contributed by atoms with Crippen molar-refractivity contribution < 1.29 is 43.0 Å². The molecule has 19 nitrogen and oxygen atoms in total. The molecular weight excluding hydrogens is 869 g/mol. The third-order valence-corrected chi connectivity index (χ3v) is 11.8. The molecule has 3 fully saturated rings. The number of likely N-dealkylation sites (tertiary alicyclic amines) is 1. The molecular formula is C46H58N10O9S. The Labute approximate surface area is 387 Å². The van der Waals surface area contributed by atoms with Gasteiger partial charge in [-0.1, -0.05) is 65.8 Å². The van der Waals surface area contributed by atoms with Gasteiger partial charge in [0.05, 0.1) is 24.5 Å². The molecule has 4 heterocycles. The average molecular weight is 927 g/mol. The minimum absolute atomic E-state index is 0.0164. The molecule has 2 aromatic heterocycles. The Balaban J connectivity index is 1.04. The van der Waals surface area contributed by atoms with Gasteiger partial charge in [0.15, 0.2) is 16.9 Å². The molecule has 66 heavy (non-hydrogen) atoms. The van der Waals surface area contributed by atoms with Gasteiger partial charge in [-0.2, -0.15) is 15.0 Å². The van der Waals surface area contributed by atoms with Crippen molar-refractivity contribution in [1.29, 1.82) is 0 Å². The van der Waals surface area contributed by atoms with E-state index in [1.807, 2.05) is 81.4 Å². The van der Waals surface area contributed by atoms with Gasteiger partial charge in [-0.25, -0.2) is 19.4 Å². The summed E-state index contributed by atoms with van der Waals surface area (Å²) in [6.07, 6.45) is 3.12. The number of aromatic nitrogens is 4. The number of alkyl carbamates (subject to hydrolysis) is 1. The van der Waals surface area contributed by atoms with Crippen molar-refractivity contribution in [3.05, 3.63) is 94.8 Å². The summed E-state index contributed by atoms with van der Waals surface area (Å²) in [6, 6.07) is 17.2. The third kappa shape index (κ3) is 12.7. The van der Waals surface area contributed by atoms with E-state index in [1.54, 1.807) is 27.0 Å². The van der Waals surface area contributed by atoms with E-state index in [1.165, 1.54) is 10.2 Å². The lowest BCUT2D eigenvalue weighted by Gasteiger charge is -2.36. The molecule has 4 aromatic rings. The molecule has 352 valence electrons. The number of rotatable bonds is 15. The van der Waals surface area contributed by atoms with Gasteiger partial charge in [0, 0.05) is 43.9 Å². The Bertz CT molecular complexity index is 2320. The smallest absolute Gasteiger partial charge is 0.413 e. The van der Waals surface area contributed by atoms with E-state index >= 15 is 0 Å². The zero-order chi connectivity index (χ0) is 47.1. The summed E-state index contributed by atoms with van der Waals surface area (Å²) in [7, 11) is 0. The fraction of sp³-hybridized carbons (Fsp3) is 0.500. The van der Waals surface area contributed by atoms with Crippen LogP contribution in [0.3, 0.4) is 0 Å². The van der Waals surface area contributed by atoms with Gasteiger partial charge < -0.3 is 35.0 Å². The molecule has 0 unspecified atom stereocenters. The highest BCUT2D eigenvalue weighted by Crippen LogP contribution is 2.38. The minimum atomic E-state index is -1.53. The average Bonchev–Trinajstić information content (AvgIpc) is 4.04. The zero-order valence-electron chi connectivity index (χ0n) is 38.1. The van der Waals surface area contributed by atoms with Gasteiger partial charge in [-0.3, -0.25) is 19.8 Å². The molecule has 4 amide bonds. The first-order valence-corrected chi connectivity index (χ1v) is 23.1. The molecule has 2 aliphatic heterocycles. The van der Waals surface area contributed by atoms with Crippen LogP contribution in [0, 0.1) is 0 Å². The molecule has 0 bridgehead atoms. The van der Waals surface area contributed by atoms with Crippen LogP contribution in [0.4, 0.5) is 14.7 Å². The quantitative estimate of drug-likeness (QED) is 0.0374. The number of benzene rings is 2. The van der Waals surface area contributed by atoms with Crippen LogP contribution >= 0.6 is 11.3 Å². The molecule has 0 radical (unpaired) electrons. The van der Waals surface area contributed by atoms with Crippen LogP contribution in [0.5, 0.6) is 0 Å². The van der Waals surface area contributed by atoms with Crippen LogP contribution in [0.25, 0.3) is 0 Å². The first-order chi connectivity index (χ1) is 31.4. The number of oxime groups is 1. The summed E-state index contributed by atoms with van der Waals surface area (Å²) in [5.41, 5.74) is -0.921. The highest BCUT2D eigenvalue weighted by Gasteiger charge is 2.48. The van der Waals surface area contributed by atoms with E-state index in [9.17, 15) is 24.0 Å². The van der Waals surface area contributed by atoms with Crippen LogP contribution in [0.2, 0.25) is 0 Å². The zero-order valence-corrected chi connectivity index (χ0v) is 38.9. The summed E-state index contributed by atoms with van der Waals surface area (Å²) >= 11 is 1.02. The Kier molecular flexibility index (Phi) is 14.7. The second kappa shape index (κ2) is 20.4. The van der Waals surface area contributed by atoms with E-state index in [2.05, 4.69) is 46.5 Å². The van der Waals surface area contributed by atoms with E-state index in [0.717, 1.165) is 54.1 Å². The fourth-order valence-electron chi connectivity index (χ4n) is 7.82. The summed E-state index contributed by atoms with van der Waals surface area (Å²) < 4.78 is 17.0. The highest BCUT2D eigenvalue weighted by molar-refractivity contribution is 7.14. The van der Waals surface area contributed by atoms with E-state index < -0.39 is 65.0 Å². The van der Waals surface area contributed by atoms with Crippen LogP contribution in [0.15, 0.2) is 77.4 Å². The monoisotopic (exact) mass is 926 g/mol. The summed E-state index contributed by atoms with van der Waals surface area (Å²) in [5.74, 6) is -1.88. The van der Waals surface area contributed by atoms with E-state index in [-0.39, 0.29) is 42.0 Å². The number of nitrogens with zero attached hydrogens (tertiary/aromatic N) is 6. The molecule has 1 aliphatic carbocycles. The first-order valence-electron chi connectivity index (χ1n) is 22.2. The normalized spacial score (nSPS) is 19.0. The molecule has 4 N–H and O–H groups in total. The van der Waals surface area contributed by atoms with Crippen molar-refractivity contribution >= 4 is 52.2 Å². The number of β-lactam (4-membered cyclic amide) rings is 1. The van der Waals surface area contributed by atoms with Gasteiger partial charge in [0.2, 0.25) is 11.5 Å². The maximum Gasteiger partial charge on any atom is 0.413 e. The largest absolute Gasteiger partial charge is 0.450 e. The van der Waals surface area contributed by atoms with Crippen molar-refractivity contribution in [1.82, 2.24) is 40.8 Å². The SMILES string of the molecule is CC(C)(C)OC(=O)Nc1nc(/C(=N/OC2(C(=O)OC(c3ccccc3)c3ccccc3)CCCC2)C(=O)N[C@@H]2C(=O)N[C@@H]2Cn2ncc(CN3CCC(NC(=O)OC(C)(C)C)CC3)n2)cs1. The molecule has 1 saturated carbocycles. The Morgan fingerprint density at radius 3 is 2.12 bits per heavy atom. The number of amides is 4. The molecule has 2 atom stereocenters. The second-order valence-corrected chi connectivity index (χ2v) is 19.5. The standard InChI is InChI=1S/C46H58N10O9S/c1-44(2,3)63-42(60)48-31-19-23-55(24-20-31)26-32-25-47-56(53-32)27-33-35(38(57)49-33)51-39(58)36(34-28-66-41(50-34)52-43(61)64-45(4,5)6)54-65-46(21-13-14-22-46)40(59)62-37(29-15-9-7-10-16-29)30-17-11-8-12-18-30/h7-12,15-18,25,28,31,33,35,37H,13-14,19-24,26-27H2,1-6H3,(H,48,60)(H,49,57)(H,51,58)(H,50,52,61)/b54-36-/t33-,35+/m1/s1. The predicted octanol–water partition coefficient (Wildman–Crippen LogP) is 5.62. The molecule has 2 saturated heterocycles. The summed E-state index contributed by atoms with van der Waals surface area (Å²) in [4.78, 5) is 80.7. The minimum Gasteiger partial charge on any atom is -0.450 e. The van der Waals surface area contributed by atoms with Crippen LogP contribution in [-0.2, 0) is 46.5 Å². The third-order valence-electron chi connectivity index (χ3n) is 11.0. The highest BCUT2D eigenvalue weighted by atomic mass is 32.1. The van der Waals surface area contributed by atoms with Crippen molar-refractivity contribution in [3.8, 4) is 0 Å². The molecule has 2 aromatic carbocycles. The maximum absolute atomic E-state index is 14.3. The van der Waals surface area contributed by atoms with Crippen molar-refractivity contribution in [2.24, 2.45) is 5.16 Å². The number of esters is 1. The number of hydrogen-bond acceptors (Lipinski definition) is 15. The van der Waals surface area contributed by atoms with Gasteiger partial charge in [-0.05, 0) is 78.4 Å². The summed E-state index contributed by atoms with van der Waals surface area (Å²) in [6.45, 7) is 12.9. The molecule has 20 heteroatoms. The van der Waals surface area contributed by atoms with Crippen LogP contribution in [-0.4, -0.2) is 109 Å². The van der Waals surface area contributed by atoms with Crippen LogP contribution < -0.4 is 21.3 Å². The number of piperidine rings is 1. The number of nitrogens with one attached hydrogen (secondary N) is 4. The van der Waals surface area contributed by atoms with Crippen molar-refractivity contribution in [2.45, 2.75) is 134 Å². The first kappa shape index (κ1) is 47.5. The fourth-order valence-corrected chi connectivity index (χ4v) is 8.50. The Morgan fingerprint density at radius 2 is 1.52 bits per heavy atom. The number of anilines is 1. The molecule has 7 rings (SSSR count). The Hall–Kier alpha value is -6.41. The lowest BCUT2D eigenvalue weighted by Crippen LogP contribution is -2.70.